The van der Waals surface area contributed by atoms with Crippen LogP contribution >= 0.6 is 15.9 Å². The van der Waals surface area contributed by atoms with Crippen LogP contribution in [0, 0.1) is 0 Å². The Bertz CT molecular complexity index is 763. The summed E-state index contributed by atoms with van der Waals surface area (Å²) in [6.45, 7) is 10.1. The molecule has 1 aliphatic heterocycles. The average Bonchev–Trinajstić information content (AvgIpc) is 2.91. The number of aliphatic carboxylic acids is 1. The van der Waals surface area contributed by atoms with E-state index in [1.54, 1.807) is 0 Å². The number of nitrogens with zero attached hydrogens (tertiary/aromatic N) is 2. The first-order valence-electron chi connectivity index (χ1n) is 8.06. The molecule has 0 saturated carbocycles. The van der Waals surface area contributed by atoms with Crippen molar-refractivity contribution >= 4 is 32.8 Å². The third-order valence-electron chi connectivity index (χ3n) is 4.47. The second kappa shape index (κ2) is 7.09. The summed E-state index contributed by atoms with van der Waals surface area (Å²) in [6, 6.07) is 5.27. The van der Waals surface area contributed by atoms with Crippen LogP contribution < -0.4 is 0 Å². The molecule has 0 unspecified atom stereocenters. The topological polar surface area (TPSA) is 59.6 Å². The number of piperazine rings is 1. The van der Waals surface area contributed by atoms with E-state index in [1.807, 2.05) is 31.3 Å². The molecule has 6 heteroatoms. The molecule has 1 aliphatic rings. The minimum absolute atomic E-state index is 0.619. The summed E-state index contributed by atoms with van der Waals surface area (Å²) in [5.74, 6) is -0.799. The number of aromatic nitrogens is 1. The summed E-state index contributed by atoms with van der Waals surface area (Å²) in [7, 11) is 0. The highest BCUT2D eigenvalue weighted by atomic mass is 79.9. The van der Waals surface area contributed by atoms with Crippen LogP contribution in [0.4, 0.5) is 0 Å². The minimum Gasteiger partial charge on any atom is -0.480 e. The van der Waals surface area contributed by atoms with E-state index in [-0.39, 0.29) is 0 Å². The Labute approximate surface area is 150 Å². The number of carboxylic acid groups (broad SMARTS) is 1. The lowest BCUT2D eigenvalue weighted by Crippen LogP contribution is -2.49. The number of benzene rings is 1. The first-order valence-corrected chi connectivity index (χ1v) is 8.85. The van der Waals surface area contributed by atoms with Crippen molar-refractivity contribution in [2.45, 2.75) is 13.0 Å². The number of H-pyrrole nitrogens is 1. The van der Waals surface area contributed by atoms with Gasteiger partial charge < -0.3 is 10.1 Å². The van der Waals surface area contributed by atoms with Crippen LogP contribution in [-0.4, -0.2) is 58.6 Å². The Morgan fingerprint density at radius 3 is 2.71 bits per heavy atom. The Morgan fingerprint density at radius 1 is 1.38 bits per heavy atom. The SMILES string of the molecule is C=C(C)CN1CCN([C@@H](C(=O)O)c2c[nH]c3cc(Br)ccc23)CC1. The zero-order chi connectivity index (χ0) is 17.3. The van der Waals surface area contributed by atoms with Gasteiger partial charge in [-0.05, 0) is 19.1 Å². The van der Waals surface area contributed by atoms with Crippen LogP contribution in [0.15, 0.2) is 41.0 Å². The first kappa shape index (κ1) is 17.2. The minimum atomic E-state index is -0.799. The maximum atomic E-state index is 12.0. The second-order valence-corrected chi connectivity index (χ2v) is 7.36. The third-order valence-corrected chi connectivity index (χ3v) is 4.96. The van der Waals surface area contributed by atoms with E-state index in [0.717, 1.165) is 59.2 Å². The maximum absolute atomic E-state index is 12.0. The van der Waals surface area contributed by atoms with Crippen molar-refractivity contribution < 1.29 is 9.90 Å². The van der Waals surface area contributed by atoms with Crippen LogP contribution in [0.1, 0.15) is 18.5 Å². The van der Waals surface area contributed by atoms with Gasteiger partial charge >= 0.3 is 5.97 Å². The zero-order valence-electron chi connectivity index (χ0n) is 13.8. The number of halogens is 1. The quantitative estimate of drug-likeness (QED) is 0.767. The summed E-state index contributed by atoms with van der Waals surface area (Å²) in [5.41, 5.74) is 2.92. The van der Waals surface area contributed by atoms with E-state index >= 15 is 0 Å². The predicted molar refractivity (Wildman–Crippen MR) is 99.2 cm³/mol. The van der Waals surface area contributed by atoms with E-state index in [9.17, 15) is 9.90 Å². The van der Waals surface area contributed by atoms with Gasteiger partial charge in [0, 0.05) is 59.9 Å². The maximum Gasteiger partial charge on any atom is 0.325 e. The van der Waals surface area contributed by atoms with E-state index in [0.29, 0.717) is 0 Å². The molecule has 1 aromatic carbocycles. The van der Waals surface area contributed by atoms with Crippen molar-refractivity contribution in [2.24, 2.45) is 0 Å². The van der Waals surface area contributed by atoms with Gasteiger partial charge in [0.15, 0.2) is 0 Å². The molecule has 1 fully saturated rings. The number of carboxylic acids is 1. The van der Waals surface area contributed by atoms with Gasteiger partial charge in [0.05, 0.1) is 0 Å². The van der Waals surface area contributed by atoms with Gasteiger partial charge in [-0.2, -0.15) is 0 Å². The molecule has 1 aromatic heterocycles. The fraction of sp³-hybridized carbons (Fsp3) is 0.389. The Kier molecular flexibility index (Phi) is 5.08. The Morgan fingerprint density at radius 2 is 2.08 bits per heavy atom. The molecule has 3 rings (SSSR count). The average molecular weight is 392 g/mol. The highest BCUT2D eigenvalue weighted by molar-refractivity contribution is 9.10. The van der Waals surface area contributed by atoms with Crippen LogP contribution in [0.25, 0.3) is 10.9 Å². The van der Waals surface area contributed by atoms with Crippen molar-refractivity contribution in [3.8, 4) is 0 Å². The molecule has 24 heavy (non-hydrogen) atoms. The van der Waals surface area contributed by atoms with Gasteiger partial charge in [-0.15, -0.1) is 0 Å². The molecule has 0 aliphatic carbocycles. The number of fused-ring (bicyclic) bond motifs is 1. The number of hydrogen-bond acceptors (Lipinski definition) is 3. The molecule has 5 nitrogen and oxygen atoms in total. The molecule has 2 aromatic rings. The van der Waals surface area contributed by atoms with Gasteiger partial charge in [0.2, 0.25) is 0 Å². The highest BCUT2D eigenvalue weighted by Gasteiger charge is 2.32. The van der Waals surface area contributed by atoms with Crippen LogP contribution in [0.2, 0.25) is 0 Å². The highest BCUT2D eigenvalue weighted by Crippen LogP contribution is 2.31. The number of carbonyl (C=O) groups is 1. The molecule has 2 N–H and O–H groups in total. The summed E-state index contributed by atoms with van der Waals surface area (Å²) in [4.78, 5) is 19.6. The Hall–Kier alpha value is -1.63. The van der Waals surface area contributed by atoms with Crippen molar-refractivity contribution in [1.82, 2.24) is 14.8 Å². The lowest BCUT2D eigenvalue weighted by Gasteiger charge is -2.37. The van der Waals surface area contributed by atoms with Gasteiger partial charge in [-0.25, -0.2) is 0 Å². The van der Waals surface area contributed by atoms with Gasteiger partial charge in [-0.1, -0.05) is 34.1 Å². The molecule has 0 spiro atoms. The second-order valence-electron chi connectivity index (χ2n) is 6.44. The van der Waals surface area contributed by atoms with E-state index < -0.39 is 12.0 Å². The third kappa shape index (κ3) is 3.55. The van der Waals surface area contributed by atoms with Crippen molar-refractivity contribution in [3.05, 3.63) is 46.6 Å². The van der Waals surface area contributed by atoms with E-state index in [4.69, 9.17) is 0 Å². The summed E-state index contributed by atoms with van der Waals surface area (Å²) in [6.07, 6.45) is 1.83. The number of nitrogens with one attached hydrogen (secondary N) is 1. The summed E-state index contributed by atoms with van der Waals surface area (Å²) in [5, 5.41) is 10.8. The summed E-state index contributed by atoms with van der Waals surface area (Å²) < 4.78 is 0.976. The predicted octanol–water partition coefficient (Wildman–Crippen LogP) is 3.25. The monoisotopic (exact) mass is 391 g/mol. The molecule has 1 saturated heterocycles. The first-order chi connectivity index (χ1) is 11.5. The van der Waals surface area contributed by atoms with E-state index in [2.05, 4.69) is 37.3 Å². The van der Waals surface area contributed by atoms with Crippen molar-refractivity contribution in [2.75, 3.05) is 32.7 Å². The molecule has 0 bridgehead atoms. The van der Waals surface area contributed by atoms with Crippen molar-refractivity contribution in [1.29, 1.82) is 0 Å². The van der Waals surface area contributed by atoms with Crippen LogP contribution in [0.5, 0.6) is 0 Å². The fourth-order valence-corrected chi connectivity index (χ4v) is 3.76. The molecule has 2 heterocycles. The van der Waals surface area contributed by atoms with Crippen LogP contribution in [-0.2, 0) is 4.79 Å². The van der Waals surface area contributed by atoms with Gasteiger partial charge in [-0.3, -0.25) is 14.6 Å². The van der Waals surface area contributed by atoms with Gasteiger partial charge in [0.1, 0.15) is 6.04 Å². The van der Waals surface area contributed by atoms with Crippen LogP contribution in [0.3, 0.4) is 0 Å². The smallest absolute Gasteiger partial charge is 0.325 e. The lowest BCUT2D eigenvalue weighted by molar-refractivity contribution is -0.144. The largest absolute Gasteiger partial charge is 0.480 e. The number of rotatable bonds is 5. The molecule has 0 amide bonds. The molecule has 1 atom stereocenters. The van der Waals surface area contributed by atoms with E-state index in [1.165, 1.54) is 0 Å². The lowest BCUT2D eigenvalue weighted by atomic mass is 10.0. The number of aromatic amines is 1. The number of hydrogen-bond donors (Lipinski definition) is 2. The van der Waals surface area contributed by atoms with Gasteiger partial charge in [0.25, 0.3) is 0 Å². The normalized spacial score (nSPS) is 17.9. The molecule has 128 valence electrons. The molecular weight excluding hydrogens is 370 g/mol. The fourth-order valence-electron chi connectivity index (χ4n) is 3.39. The summed E-state index contributed by atoms with van der Waals surface area (Å²) >= 11 is 3.45. The molecule has 0 radical (unpaired) electrons. The zero-order valence-corrected chi connectivity index (χ0v) is 15.3. The standard InChI is InChI=1S/C18H22BrN3O2/c1-12(2)11-21-5-7-22(8-6-21)17(18(23)24)15-10-20-16-9-13(19)3-4-14(15)16/h3-4,9-10,17,20H,1,5-8,11H2,2H3,(H,23,24)/t17-/m1/s1. The van der Waals surface area contributed by atoms with Crippen molar-refractivity contribution in [3.63, 3.8) is 0 Å². The Balaban J connectivity index is 1.83. The molecular formula is C18H22BrN3O2.